The molecule has 0 spiro atoms. The fraction of sp³-hybridized carbons (Fsp3) is 0.467. The van der Waals surface area contributed by atoms with Gasteiger partial charge < -0.3 is 15.2 Å². The van der Waals surface area contributed by atoms with Gasteiger partial charge in [-0.25, -0.2) is 4.98 Å². The molecule has 2 heterocycles. The highest BCUT2D eigenvalue weighted by atomic mass is 16.5. The third-order valence-electron chi connectivity index (χ3n) is 3.51. The summed E-state index contributed by atoms with van der Waals surface area (Å²) in [6, 6.07) is 8.04. The first-order valence-corrected chi connectivity index (χ1v) is 7.18. The van der Waals surface area contributed by atoms with Gasteiger partial charge in [0.05, 0.1) is 6.61 Å². The third-order valence-corrected chi connectivity index (χ3v) is 3.51. The number of benzene rings is 1. The molecule has 1 unspecified atom stereocenters. The number of hydrogen-bond donors (Lipinski definition) is 2. The zero-order valence-corrected chi connectivity index (χ0v) is 12.1. The quantitative estimate of drug-likeness (QED) is 0.897. The van der Waals surface area contributed by atoms with Crippen LogP contribution in [-0.4, -0.2) is 27.8 Å². The van der Waals surface area contributed by atoms with E-state index in [4.69, 9.17) is 15.2 Å². The standard InChI is InChI=1S/C15H20N4O2/c1-10-3-2-4-12(7-10)20-9-14-17-15(19-18-14)13-6-5-11(16)8-21-13/h2-4,7,11,13H,5-6,8-9,16H2,1H3,(H,17,18,19)/t11?,13-/m0/s1. The number of hydrogen-bond acceptors (Lipinski definition) is 5. The second-order valence-electron chi connectivity index (χ2n) is 5.40. The lowest BCUT2D eigenvalue weighted by Crippen LogP contribution is -2.32. The van der Waals surface area contributed by atoms with E-state index in [9.17, 15) is 0 Å². The van der Waals surface area contributed by atoms with E-state index in [0.29, 0.717) is 24.9 Å². The molecular weight excluding hydrogens is 268 g/mol. The molecule has 0 amide bonds. The van der Waals surface area contributed by atoms with Crippen molar-refractivity contribution < 1.29 is 9.47 Å². The molecule has 1 aromatic carbocycles. The van der Waals surface area contributed by atoms with Crippen LogP contribution in [0.3, 0.4) is 0 Å². The Labute approximate surface area is 123 Å². The summed E-state index contributed by atoms with van der Waals surface area (Å²) >= 11 is 0. The monoisotopic (exact) mass is 288 g/mol. The molecule has 6 heteroatoms. The van der Waals surface area contributed by atoms with Gasteiger partial charge in [-0.2, -0.15) is 5.10 Å². The second kappa shape index (κ2) is 6.24. The zero-order chi connectivity index (χ0) is 14.7. The van der Waals surface area contributed by atoms with Crippen LogP contribution in [0.15, 0.2) is 24.3 Å². The molecule has 1 fully saturated rings. The Bertz CT molecular complexity index is 591. The first-order valence-electron chi connectivity index (χ1n) is 7.18. The highest BCUT2D eigenvalue weighted by Crippen LogP contribution is 2.24. The van der Waals surface area contributed by atoms with Crippen LogP contribution in [0.4, 0.5) is 0 Å². The van der Waals surface area contributed by atoms with Crippen LogP contribution >= 0.6 is 0 Å². The van der Waals surface area contributed by atoms with E-state index in [1.807, 2.05) is 31.2 Å². The summed E-state index contributed by atoms with van der Waals surface area (Å²) in [5, 5.41) is 7.11. The Balaban J connectivity index is 1.58. The van der Waals surface area contributed by atoms with Crippen molar-refractivity contribution in [2.24, 2.45) is 5.73 Å². The van der Waals surface area contributed by atoms with Crippen LogP contribution in [0.25, 0.3) is 0 Å². The number of nitrogens with zero attached hydrogens (tertiary/aromatic N) is 2. The summed E-state index contributed by atoms with van der Waals surface area (Å²) in [6.45, 7) is 2.96. The smallest absolute Gasteiger partial charge is 0.179 e. The van der Waals surface area contributed by atoms with E-state index < -0.39 is 0 Å². The zero-order valence-electron chi connectivity index (χ0n) is 12.1. The van der Waals surface area contributed by atoms with Crippen molar-refractivity contribution in [1.82, 2.24) is 15.2 Å². The average molecular weight is 288 g/mol. The summed E-state index contributed by atoms with van der Waals surface area (Å²) in [5.41, 5.74) is 6.98. The lowest BCUT2D eigenvalue weighted by Gasteiger charge is -2.24. The van der Waals surface area contributed by atoms with Crippen molar-refractivity contribution in [1.29, 1.82) is 0 Å². The van der Waals surface area contributed by atoms with Gasteiger partial charge in [-0.15, -0.1) is 0 Å². The van der Waals surface area contributed by atoms with Crippen molar-refractivity contribution in [2.45, 2.75) is 38.5 Å². The number of aromatic amines is 1. The summed E-state index contributed by atoms with van der Waals surface area (Å²) in [7, 11) is 0. The lowest BCUT2D eigenvalue weighted by molar-refractivity contribution is -0.000931. The summed E-state index contributed by atoms with van der Waals surface area (Å²) in [4.78, 5) is 4.44. The molecule has 3 N–H and O–H groups in total. The van der Waals surface area contributed by atoms with Crippen molar-refractivity contribution in [2.75, 3.05) is 6.61 Å². The molecule has 2 atom stereocenters. The molecule has 112 valence electrons. The summed E-state index contributed by atoms with van der Waals surface area (Å²) in [5.74, 6) is 2.21. The molecule has 1 saturated heterocycles. The minimum atomic E-state index is -0.0613. The van der Waals surface area contributed by atoms with E-state index in [1.165, 1.54) is 0 Å². The lowest BCUT2D eigenvalue weighted by atomic mass is 10.1. The third kappa shape index (κ3) is 3.59. The Morgan fingerprint density at radius 1 is 1.43 bits per heavy atom. The number of rotatable bonds is 4. The average Bonchev–Trinajstić information content (AvgIpc) is 2.95. The second-order valence-corrected chi connectivity index (χ2v) is 5.40. The number of nitrogens with two attached hydrogens (primary N) is 1. The summed E-state index contributed by atoms with van der Waals surface area (Å²) in [6.07, 6.45) is 1.74. The van der Waals surface area contributed by atoms with Gasteiger partial charge in [-0.05, 0) is 37.5 Å². The maximum Gasteiger partial charge on any atom is 0.179 e. The van der Waals surface area contributed by atoms with Crippen LogP contribution in [0.1, 0.15) is 36.2 Å². The molecule has 0 radical (unpaired) electrons. The first kappa shape index (κ1) is 14.0. The highest BCUT2D eigenvalue weighted by molar-refractivity contribution is 5.27. The van der Waals surface area contributed by atoms with Crippen molar-refractivity contribution in [3.63, 3.8) is 0 Å². The van der Waals surface area contributed by atoms with Crippen molar-refractivity contribution in [3.05, 3.63) is 41.5 Å². The first-order chi connectivity index (χ1) is 10.2. The number of H-pyrrole nitrogens is 1. The van der Waals surface area contributed by atoms with E-state index in [-0.39, 0.29) is 12.1 Å². The number of ether oxygens (including phenoxy) is 2. The summed E-state index contributed by atoms with van der Waals surface area (Å²) < 4.78 is 11.4. The molecular formula is C15H20N4O2. The van der Waals surface area contributed by atoms with Crippen molar-refractivity contribution >= 4 is 0 Å². The van der Waals surface area contributed by atoms with Crippen LogP contribution in [0.5, 0.6) is 5.75 Å². The van der Waals surface area contributed by atoms with Crippen LogP contribution in [0.2, 0.25) is 0 Å². The SMILES string of the molecule is Cc1cccc(OCc2nc([C@@H]3CCC(N)CO3)n[nH]2)c1. The normalized spacial score (nSPS) is 22.2. The van der Waals surface area contributed by atoms with Gasteiger partial charge in [0.2, 0.25) is 0 Å². The number of aryl methyl sites for hydroxylation is 1. The maximum absolute atomic E-state index is 5.81. The van der Waals surface area contributed by atoms with E-state index in [2.05, 4.69) is 15.2 Å². The minimum absolute atomic E-state index is 0.0613. The van der Waals surface area contributed by atoms with E-state index in [1.54, 1.807) is 0 Å². The van der Waals surface area contributed by atoms with Gasteiger partial charge in [0.25, 0.3) is 0 Å². The predicted octanol–water partition coefficient (Wildman–Crippen LogP) is 1.87. The van der Waals surface area contributed by atoms with Gasteiger partial charge in [0.15, 0.2) is 11.6 Å². The Morgan fingerprint density at radius 2 is 2.33 bits per heavy atom. The Morgan fingerprint density at radius 3 is 3.10 bits per heavy atom. The predicted molar refractivity (Wildman–Crippen MR) is 77.8 cm³/mol. The molecule has 21 heavy (non-hydrogen) atoms. The Kier molecular flexibility index (Phi) is 4.17. The van der Waals surface area contributed by atoms with Crippen LogP contribution in [0, 0.1) is 6.92 Å². The van der Waals surface area contributed by atoms with Gasteiger partial charge in [-0.1, -0.05) is 12.1 Å². The van der Waals surface area contributed by atoms with E-state index >= 15 is 0 Å². The Hall–Kier alpha value is -1.92. The molecule has 0 aliphatic carbocycles. The molecule has 3 rings (SSSR count). The van der Waals surface area contributed by atoms with Gasteiger partial charge in [-0.3, -0.25) is 5.10 Å². The highest BCUT2D eigenvalue weighted by Gasteiger charge is 2.24. The molecule has 2 aromatic rings. The van der Waals surface area contributed by atoms with Crippen LogP contribution in [-0.2, 0) is 11.3 Å². The molecule has 1 aliphatic rings. The van der Waals surface area contributed by atoms with E-state index in [0.717, 1.165) is 24.2 Å². The molecule has 1 aliphatic heterocycles. The number of aromatic nitrogens is 3. The fourth-order valence-corrected chi connectivity index (χ4v) is 2.35. The van der Waals surface area contributed by atoms with Crippen molar-refractivity contribution in [3.8, 4) is 5.75 Å². The topological polar surface area (TPSA) is 86.1 Å². The molecule has 1 aromatic heterocycles. The number of nitrogens with one attached hydrogen (secondary N) is 1. The van der Waals surface area contributed by atoms with Crippen LogP contribution < -0.4 is 10.5 Å². The minimum Gasteiger partial charge on any atom is -0.486 e. The van der Waals surface area contributed by atoms with Gasteiger partial charge in [0.1, 0.15) is 18.5 Å². The fourth-order valence-electron chi connectivity index (χ4n) is 2.35. The molecule has 6 nitrogen and oxygen atoms in total. The maximum atomic E-state index is 5.81. The molecule has 0 bridgehead atoms. The van der Waals surface area contributed by atoms with Gasteiger partial charge >= 0.3 is 0 Å². The van der Waals surface area contributed by atoms with Gasteiger partial charge in [0, 0.05) is 6.04 Å². The molecule has 0 saturated carbocycles. The largest absolute Gasteiger partial charge is 0.486 e.